The van der Waals surface area contributed by atoms with Gasteiger partial charge in [-0.15, -0.1) is 0 Å². The minimum Gasteiger partial charge on any atom is -0.294 e. The molecule has 2 aromatic carbocycles. The number of halogens is 2. The fraction of sp³-hybridized carbons (Fsp3) is 0.0667. The minimum atomic E-state index is -0.554. The molecular formula is C15H9Cl2N3O3. The third-order valence-electron chi connectivity index (χ3n) is 3.41. The van der Waals surface area contributed by atoms with Crippen molar-refractivity contribution in [2.75, 3.05) is 0 Å². The number of aromatic nitrogens is 2. The Kier molecular flexibility index (Phi) is 4.02. The molecule has 0 aliphatic rings. The summed E-state index contributed by atoms with van der Waals surface area (Å²) in [6.07, 6.45) is 1.37. The van der Waals surface area contributed by atoms with Crippen LogP contribution in [-0.2, 0) is 6.54 Å². The van der Waals surface area contributed by atoms with E-state index in [1.54, 1.807) is 18.2 Å². The second-order valence-electron chi connectivity index (χ2n) is 4.84. The molecule has 116 valence electrons. The van der Waals surface area contributed by atoms with Crippen LogP contribution in [0, 0.1) is 10.1 Å². The molecule has 6 nitrogen and oxygen atoms in total. The van der Waals surface area contributed by atoms with Crippen molar-refractivity contribution in [2.24, 2.45) is 0 Å². The first-order chi connectivity index (χ1) is 11.0. The lowest BCUT2D eigenvalue weighted by Gasteiger charge is -2.10. The standard InChI is InChI=1S/C15H9Cl2N3O3/c16-12-2-1-3-13(17)11(12)7-19-8-18-14-5-4-9(20(22)23)6-10(14)15(19)21/h1-6,8H,7H2. The molecule has 0 aliphatic heterocycles. The molecular weight excluding hydrogens is 341 g/mol. The Morgan fingerprint density at radius 2 is 1.87 bits per heavy atom. The lowest BCUT2D eigenvalue weighted by Crippen LogP contribution is -2.21. The molecule has 0 spiro atoms. The summed E-state index contributed by atoms with van der Waals surface area (Å²) < 4.78 is 1.32. The molecule has 0 amide bonds. The van der Waals surface area contributed by atoms with Crippen LogP contribution < -0.4 is 5.56 Å². The van der Waals surface area contributed by atoms with E-state index in [9.17, 15) is 14.9 Å². The van der Waals surface area contributed by atoms with E-state index < -0.39 is 10.5 Å². The van der Waals surface area contributed by atoms with Gasteiger partial charge in [0.25, 0.3) is 11.2 Å². The number of hydrogen-bond acceptors (Lipinski definition) is 4. The molecule has 1 aromatic heterocycles. The Hall–Kier alpha value is -2.44. The van der Waals surface area contributed by atoms with Crippen molar-refractivity contribution in [1.29, 1.82) is 0 Å². The fourth-order valence-electron chi connectivity index (χ4n) is 2.23. The first-order valence-electron chi connectivity index (χ1n) is 6.54. The van der Waals surface area contributed by atoms with Crippen LogP contribution in [0.25, 0.3) is 10.9 Å². The summed E-state index contributed by atoms with van der Waals surface area (Å²) in [4.78, 5) is 27.0. The molecule has 3 aromatic rings. The SMILES string of the molecule is O=c1c2cc([N+](=O)[O-])ccc2ncn1Cc1c(Cl)cccc1Cl. The molecule has 1 heterocycles. The summed E-state index contributed by atoms with van der Waals surface area (Å²) in [5.41, 5.74) is 0.422. The fourth-order valence-corrected chi connectivity index (χ4v) is 2.74. The van der Waals surface area contributed by atoms with Crippen molar-refractivity contribution in [3.8, 4) is 0 Å². The summed E-state index contributed by atoms with van der Waals surface area (Å²) in [5, 5.41) is 11.9. The van der Waals surface area contributed by atoms with Crippen LogP contribution in [0.4, 0.5) is 5.69 Å². The van der Waals surface area contributed by atoms with Crippen LogP contribution in [0.3, 0.4) is 0 Å². The van der Waals surface area contributed by atoms with E-state index in [-0.39, 0.29) is 17.6 Å². The Labute approximate surface area is 140 Å². The van der Waals surface area contributed by atoms with Crippen molar-refractivity contribution >= 4 is 39.8 Å². The van der Waals surface area contributed by atoms with E-state index in [4.69, 9.17) is 23.2 Å². The van der Waals surface area contributed by atoms with E-state index in [1.807, 2.05) is 0 Å². The predicted octanol–water partition coefficient (Wildman–Crippen LogP) is 3.66. The Morgan fingerprint density at radius 3 is 2.52 bits per heavy atom. The first-order valence-corrected chi connectivity index (χ1v) is 7.29. The van der Waals surface area contributed by atoms with E-state index in [0.717, 1.165) is 0 Å². The van der Waals surface area contributed by atoms with Gasteiger partial charge in [-0.25, -0.2) is 4.98 Å². The van der Waals surface area contributed by atoms with Crippen molar-refractivity contribution in [1.82, 2.24) is 9.55 Å². The second-order valence-corrected chi connectivity index (χ2v) is 5.65. The normalized spacial score (nSPS) is 10.9. The van der Waals surface area contributed by atoms with E-state index in [1.165, 1.54) is 29.1 Å². The average molecular weight is 350 g/mol. The quantitative estimate of drug-likeness (QED) is 0.533. The van der Waals surface area contributed by atoms with Gasteiger partial charge < -0.3 is 0 Å². The van der Waals surface area contributed by atoms with Gasteiger partial charge in [-0.05, 0) is 18.2 Å². The lowest BCUT2D eigenvalue weighted by molar-refractivity contribution is -0.384. The molecule has 0 aliphatic carbocycles. The number of nitrogens with zero attached hydrogens (tertiary/aromatic N) is 3. The number of rotatable bonds is 3. The summed E-state index contributed by atoms with van der Waals surface area (Å²) in [7, 11) is 0. The lowest BCUT2D eigenvalue weighted by atomic mass is 10.2. The van der Waals surface area contributed by atoms with Crippen molar-refractivity contribution in [2.45, 2.75) is 6.54 Å². The zero-order chi connectivity index (χ0) is 16.6. The van der Waals surface area contributed by atoms with Crippen LogP contribution in [0.2, 0.25) is 10.0 Å². The maximum atomic E-state index is 12.5. The van der Waals surface area contributed by atoms with Crippen molar-refractivity contribution in [3.63, 3.8) is 0 Å². The zero-order valence-corrected chi connectivity index (χ0v) is 13.1. The number of nitro groups is 1. The first kappa shape index (κ1) is 15.5. The van der Waals surface area contributed by atoms with E-state index in [0.29, 0.717) is 21.1 Å². The van der Waals surface area contributed by atoms with Gasteiger partial charge in [0.1, 0.15) is 0 Å². The number of hydrogen-bond donors (Lipinski definition) is 0. The summed E-state index contributed by atoms with van der Waals surface area (Å²) in [5.74, 6) is 0. The van der Waals surface area contributed by atoms with Gasteiger partial charge in [0.05, 0.1) is 28.7 Å². The zero-order valence-electron chi connectivity index (χ0n) is 11.6. The summed E-state index contributed by atoms with van der Waals surface area (Å²) in [6, 6.07) is 9.03. The molecule has 0 fully saturated rings. The van der Waals surface area contributed by atoms with Gasteiger partial charge in [0, 0.05) is 27.7 Å². The largest absolute Gasteiger partial charge is 0.294 e. The number of non-ortho nitro benzene ring substituents is 1. The highest BCUT2D eigenvalue weighted by Crippen LogP contribution is 2.25. The highest BCUT2D eigenvalue weighted by atomic mass is 35.5. The van der Waals surface area contributed by atoms with E-state index >= 15 is 0 Å². The van der Waals surface area contributed by atoms with Gasteiger partial charge in [0.15, 0.2) is 0 Å². The number of fused-ring (bicyclic) bond motifs is 1. The van der Waals surface area contributed by atoms with Crippen LogP contribution in [0.1, 0.15) is 5.56 Å². The summed E-state index contributed by atoms with van der Waals surface area (Å²) in [6.45, 7) is 0.128. The van der Waals surface area contributed by atoms with Crippen LogP contribution in [0.5, 0.6) is 0 Å². The third kappa shape index (κ3) is 2.91. The third-order valence-corrected chi connectivity index (χ3v) is 4.12. The van der Waals surface area contributed by atoms with Gasteiger partial charge in [-0.2, -0.15) is 0 Å². The molecule has 0 unspecified atom stereocenters. The molecule has 23 heavy (non-hydrogen) atoms. The molecule has 0 bridgehead atoms. The highest BCUT2D eigenvalue weighted by molar-refractivity contribution is 6.35. The molecule has 0 atom stereocenters. The van der Waals surface area contributed by atoms with Crippen LogP contribution in [0.15, 0.2) is 47.5 Å². The smallest absolute Gasteiger partial charge is 0.270 e. The summed E-state index contributed by atoms with van der Waals surface area (Å²) >= 11 is 12.2. The monoisotopic (exact) mass is 349 g/mol. The van der Waals surface area contributed by atoms with E-state index in [2.05, 4.69) is 4.98 Å². The predicted molar refractivity (Wildman–Crippen MR) is 88.2 cm³/mol. The van der Waals surface area contributed by atoms with Crippen LogP contribution >= 0.6 is 23.2 Å². The van der Waals surface area contributed by atoms with Gasteiger partial charge in [-0.3, -0.25) is 19.5 Å². The average Bonchev–Trinajstić information content (AvgIpc) is 2.52. The number of nitro benzene ring substituents is 1. The van der Waals surface area contributed by atoms with Gasteiger partial charge in [0.2, 0.25) is 0 Å². The molecule has 3 rings (SSSR count). The minimum absolute atomic E-state index is 0.128. The molecule has 0 saturated heterocycles. The maximum absolute atomic E-state index is 12.5. The highest BCUT2D eigenvalue weighted by Gasteiger charge is 2.13. The van der Waals surface area contributed by atoms with Gasteiger partial charge in [-0.1, -0.05) is 29.3 Å². The van der Waals surface area contributed by atoms with Crippen LogP contribution in [-0.4, -0.2) is 14.5 Å². The Balaban J connectivity index is 2.14. The van der Waals surface area contributed by atoms with Crippen molar-refractivity contribution < 1.29 is 4.92 Å². The molecule has 0 saturated carbocycles. The Bertz CT molecular complexity index is 965. The molecule has 0 radical (unpaired) electrons. The maximum Gasteiger partial charge on any atom is 0.270 e. The number of benzene rings is 2. The molecule has 8 heteroatoms. The Morgan fingerprint density at radius 1 is 1.17 bits per heavy atom. The second kappa shape index (κ2) is 5.98. The van der Waals surface area contributed by atoms with Gasteiger partial charge >= 0.3 is 0 Å². The van der Waals surface area contributed by atoms with Crippen molar-refractivity contribution in [3.05, 3.63) is 78.8 Å². The molecule has 0 N–H and O–H groups in total. The topological polar surface area (TPSA) is 78.0 Å².